The van der Waals surface area contributed by atoms with Crippen LogP contribution in [0.2, 0.25) is 0 Å². The average molecular weight is 243 g/mol. The van der Waals surface area contributed by atoms with E-state index in [2.05, 4.69) is 4.98 Å². The molecule has 0 fully saturated rings. The highest BCUT2D eigenvalue weighted by molar-refractivity contribution is 6.04. The summed E-state index contributed by atoms with van der Waals surface area (Å²) in [5.41, 5.74) is 3.71. The molecule has 0 atom stereocenters. The van der Waals surface area contributed by atoms with E-state index in [4.69, 9.17) is 4.74 Å². The van der Waals surface area contributed by atoms with Crippen LogP contribution in [0.15, 0.2) is 18.2 Å². The van der Waals surface area contributed by atoms with Gasteiger partial charge in [0, 0.05) is 23.1 Å². The molecule has 92 valence electrons. The molecule has 1 aliphatic heterocycles. The average Bonchev–Trinajstić information content (AvgIpc) is 2.35. The number of hydrogen-bond acceptors (Lipinski definition) is 3. The van der Waals surface area contributed by atoms with Crippen molar-refractivity contribution in [3.05, 3.63) is 40.6 Å². The first-order valence-corrected chi connectivity index (χ1v) is 5.90. The number of aromatic carboxylic acids is 1. The van der Waals surface area contributed by atoms with Crippen LogP contribution in [0.5, 0.6) is 0 Å². The van der Waals surface area contributed by atoms with Gasteiger partial charge in [0.25, 0.3) is 0 Å². The maximum atomic E-state index is 11.5. The Kier molecular flexibility index (Phi) is 2.52. The zero-order valence-corrected chi connectivity index (χ0v) is 10.1. The number of rotatable bonds is 1. The van der Waals surface area contributed by atoms with Gasteiger partial charge in [0.05, 0.1) is 24.3 Å². The van der Waals surface area contributed by atoms with Gasteiger partial charge < -0.3 is 9.84 Å². The summed E-state index contributed by atoms with van der Waals surface area (Å²) in [4.78, 5) is 16.1. The molecule has 18 heavy (non-hydrogen) atoms. The predicted molar refractivity (Wildman–Crippen MR) is 66.8 cm³/mol. The minimum absolute atomic E-state index is 0.341. The fourth-order valence-electron chi connectivity index (χ4n) is 2.42. The third kappa shape index (κ3) is 1.66. The van der Waals surface area contributed by atoms with E-state index in [0.29, 0.717) is 30.6 Å². The van der Waals surface area contributed by atoms with Crippen LogP contribution >= 0.6 is 0 Å². The minimum Gasteiger partial charge on any atom is -0.478 e. The van der Waals surface area contributed by atoms with Crippen molar-refractivity contribution in [3.8, 4) is 0 Å². The number of benzene rings is 1. The Labute approximate surface area is 104 Å². The first-order valence-electron chi connectivity index (χ1n) is 5.90. The molecule has 1 aromatic carbocycles. The molecule has 2 aromatic rings. The number of aromatic nitrogens is 1. The normalized spacial score (nSPS) is 14.5. The Morgan fingerprint density at radius 2 is 2.28 bits per heavy atom. The highest BCUT2D eigenvalue weighted by Gasteiger charge is 2.22. The summed E-state index contributed by atoms with van der Waals surface area (Å²) in [6, 6.07) is 5.71. The van der Waals surface area contributed by atoms with Gasteiger partial charge in [-0.2, -0.15) is 0 Å². The van der Waals surface area contributed by atoms with E-state index in [1.165, 1.54) is 0 Å². The maximum absolute atomic E-state index is 11.5. The van der Waals surface area contributed by atoms with Crippen LogP contribution < -0.4 is 0 Å². The van der Waals surface area contributed by atoms with Crippen LogP contribution in [-0.4, -0.2) is 22.7 Å². The van der Waals surface area contributed by atoms with Gasteiger partial charge in [-0.15, -0.1) is 0 Å². The van der Waals surface area contributed by atoms with Gasteiger partial charge in [0.2, 0.25) is 0 Å². The van der Waals surface area contributed by atoms with Gasteiger partial charge in [-0.25, -0.2) is 4.79 Å². The van der Waals surface area contributed by atoms with Crippen molar-refractivity contribution in [1.29, 1.82) is 0 Å². The number of hydrogen-bond donors (Lipinski definition) is 1. The third-order valence-corrected chi connectivity index (χ3v) is 3.27. The van der Waals surface area contributed by atoms with Crippen molar-refractivity contribution >= 4 is 16.9 Å². The molecule has 1 aromatic heterocycles. The minimum atomic E-state index is -0.908. The van der Waals surface area contributed by atoms with E-state index >= 15 is 0 Å². The van der Waals surface area contributed by atoms with E-state index in [1.54, 1.807) is 0 Å². The van der Waals surface area contributed by atoms with E-state index in [-0.39, 0.29) is 0 Å². The number of carboxylic acids is 1. The second-order valence-electron chi connectivity index (χ2n) is 4.54. The SMILES string of the molecule is Cc1ccc2nc3c(c(C(=O)O)c2c1)COCC3. The topological polar surface area (TPSA) is 59.4 Å². The molecule has 0 unspecified atom stereocenters. The molecule has 1 aliphatic rings. The van der Waals surface area contributed by atoms with E-state index in [9.17, 15) is 9.90 Å². The lowest BCUT2D eigenvalue weighted by Crippen LogP contribution is -2.17. The molecule has 0 bridgehead atoms. The molecular formula is C14H13NO3. The fourth-order valence-corrected chi connectivity index (χ4v) is 2.42. The van der Waals surface area contributed by atoms with E-state index < -0.39 is 5.97 Å². The molecule has 1 N–H and O–H groups in total. The molecule has 0 aliphatic carbocycles. The largest absolute Gasteiger partial charge is 0.478 e. The molecule has 3 rings (SSSR count). The first-order chi connectivity index (χ1) is 8.66. The lowest BCUT2D eigenvalue weighted by Gasteiger charge is -2.19. The van der Waals surface area contributed by atoms with Crippen molar-refractivity contribution in [3.63, 3.8) is 0 Å². The summed E-state index contributed by atoms with van der Waals surface area (Å²) in [6.45, 7) is 2.89. The zero-order chi connectivity index (χ0) is 12.7. The molecule has 4 heteroatoms. The van der Waals surface area contributed by atoms with Gasteiger partial charge in [-0.3, -0.25) is 4.98 Å². The van der Waals surface area contributed by atoms with Crippen LogP contribution in [0, 0.1) is 6.92 Å². The monoisotopic (exact) mass is 243 g/mol. The molecule has 0 amide bonds. The molecule has 0 radical (unpaired) electrons. The number of nitrogens with zero attached hydrogens (tertiary/aromatic N) is 1. The number of aryl methyl sites for hydroxylation is 1. The van der Waals surface area contributed by atoms with E-state index in [0.717, 1.165) is 22.3 Å². The number of pyridine rings is 1. The van der Waals surface area contributed by atoms with Crippen molar-refractivity contribution in [2.45, 2.75) is 20.0 Å². The Balaban J connectivity index is 2.41. The van der Waals surface area contributed by atoms with Crippen molar-refractivity contribution in [1.82, 2.24) is 4.98 Å². The number of fused-ring (bicyclic) bond motifs is 2. The summed E-state index contributed by atoms with van der Waals surface area (Å²) in [5.74, 6) is -0.908. The molecule has 0 spiro atoms. The van der Waals surface area contributed by atoms with Crippen molar-refractivity contribution in [2.75, 3.05) is 6.61 Å². The van der Waals surface area contributed by atoms with Crippen molar-refractivity contribution in [2.24, 2.45) is 0 Å². The van der Waals surface area contributed by atoms with Crippen LogP contribution in [0.1, 0.15) is 27.2 Å². The first kappa shape index (κ1) is 11.2. The van der Waals surface area contributed by atoms with Crippen LogP contribution in [0.3, 0.4) is 0 Å². The smallest absolute Gasteiger partial charge is 0.336 e. The highest BCUT2D eigenvalue weighted by Crippen LogP contribution is 2.27. The van der Waals surface area contributed by atoms with E-state index in [1.807, 2.05) is 25.1 Å². The Hall–Kier alpha value is -1.94. The van der Waals surface area contributed by atoms with Gasteiger partial charge >= 0.3 is 5.97 Å². The lowest BCUT2D eigenvalue weighted by atomic mass is 9.97. The summed E-state index contributed by atoms with van der Waals surface area (Å²) >= 11 is 0. The summed E-state index contributed by atoms with van der Waals surface area (Å²) in [7, 11) is 0. The third-order valence-electron chi connectivity index (χ3n) is 3.27. The van der Waals surface area contributed by atoms with Crippen LogP contribution in [0.4, 0.5) is 0 Å². The van der Waals surface area contributed by atoms with Crippen LogP contribution in [0.25, 0.3) is 10.9 Å². The summed E-state index contributed by atoms with van der Waals surface area (Å²) in [6.07, 6.45) is 0.680. The number of ether oxygens (including phenoxy) is 1. The second-order valence-corrected chi connectivity index (χ2v) is 4.54. The molecule has 0 saturated carbocycles. The highest BCUT2D eigenvalue weighted by atomic mass is 16.5. The summed E-state index contributed by atoms with van der Waals surface area (Å²) < 4.78 is 5.36. The standard InChI is InChI=1S/C14H13NO3/c1-8-2-3-11-9(6-8)13(14(16)17)10-7-18-5-4-12(10)15-11/h2-3,6H,4-5,7H2,1H3,(H,16,17). The molecule has 4 nitrogen and oxygen atoms in total. The van der Waals surface area contributed by atoms with Crippen molar-refractivity contribution < 1.29 is 14.6 Å². The quantitative estimate of drug-likeness (QED) is 0.835. The Morgan fingerprint density at radius 3 is 3.06 bits per heavy atom. The van der Waals surface area contributed by atoms with Gasteiger partial charge in [0.15, 0.2) is 0 Å². The Bertz CT molecular complexity index is 649. The molecule has 2 heterocycles. The lowest BCUT2D eigenvalue weighted by molar-refractivity contribution is 0.0683. The number of carboxylic acid groups (broad SMARTS) is 1. The maximum Gasteiger partial charge on any atom is 0.336 e. The second kappa shape index (κ2) is 4.07. The molecular weight excluding hydrogens is 230 g/mol. The predicted octanol–water partition coefficient (Wildman–Crippen LogP) is 2.31. The van der Waals surface area contributed by atoms with Gasteiger partial charge in [-0.05, 0) is 19.1 Å². The number of carbonyl (C=O) groups is 1. The summed E-state index contributed by atoms with van der Waals surface area (Å²) in [5, 5.41) is 10.1. The molecule has 0 saturated heterocycles. The van der Waals surface area contributed by atoms with Gasteiger partial charge in [0.1, 0.15) is 0 Å². The van der Waals surface area contributed by atoms with Crippen LogP contribution in [-0.2, 0) is 17.8 Å². The Morgan fingerprint density at radius 1 is 1.44 bits per heavy atom. The van der Waals surface area contributed by atoms with Gasteiger partial charge in [-0.1, -0.05) is 11.6 Å². The zero-order valence-electron chi connectivity index (χ0n) is 10.1. The fraction of sp³-hybridized carbons (Fsp3) is 0.286.